The van der Waals surface area contributed by atoms with Crippen LogP contribution >= 0.6 is 0 Å². The van der Waals surface area contributed by atoms with Crippen molar-refractivity contribution < 1.29 is 29.3 Å². The van der Waals surface area contributed by atoms with Crippen molar-refractivity contribution in [2.24, 2.45) is 5.92 Å². The zero-order valence-electron chi connectivity index (χ0n) is 8.26. The van der Waals surface area contributed by atoms with Crippen LogP contribution in [0.2, 0.25) is 0 Å². The Balaban J connectivity index is 4.09. The molecule has 6 nitrogen and oxygen atoms in total. The third-order valence-corrected chi connectivity index (χ3v) is 1.62. The molecule has 0 rings (SSSR count). The van der Waals surface area contributed by atoms with Crippen LogP contribution in [0.25, 0.3) is 0 Å². The van der Waals surface area contributed by atoms with Crippen LogP contribution in [0.15, 0.2) is 12.7 Å². The van der Waals surface area contributed by atoms with Gasteiger partial charge >= 0.3 is 17.9 Å². The number of carboxylic acid groups (broad SMARTS) is 1. The van der Waals surface area contributed by atoms with Gasteiger partial charge in [0, 0.05) is 6.08 Å². The Hall–Kier alpha value is -1.85. The van der Waals surface area contributed by atoms with E-state index in [0.29, 0.717) is 0 Å². The first kappa shape index (κ1) is 13.2. The van der Waals surface area contributed by atoms with Gasteiger partial charge in [0.2, 0.25) is 0 Å². The fourth-order valence-electron chi connectivity index (χ4n) is 0.789. The van der Waals surface area contributed by atoms with Crippen molar-refractivity contribution >= 4 is 17.9 Å². The summed E-state index contributed by atoms with van der Waals surface area (Å²) >= 11 is 0. The maximum absolute atomic E-state index is 11.1. The number of hydrogen-bond donors (Lipinski definition) is 1. The highest BCUT2D eigenvalue weighted by Crippen LogP contribution is 2.10. The fourth-order valence-corrected chi connectivity index (χ4v) is 0.789. The van der Waals surface area contributed by atoms with Gasteiger partial charge in [-0.2, -0.15) is 0 Å². The van der Waals surface area contributed by atoms with Crippen molar-refractivity contribution in [2.75, 3.05) is 0 Å². The van der Waals surface area contributed by atoms with Gasteiger partial charge in [0.05, 0.1) is 12.3 Å². The van der Waals surface area contributed by atoms with Crippen LogP contribution in [-0.2, 0) is 24.2 Å². The van der Waals surface area contributed by atoms with Crippen LogP contribution in [0.1, 0.15) is 19.8 Å². The molecule has 0 spiro atoms. The largest absolute Gasteiger partial charge is 0.481 e. The minimum Gasteiger partial charge on any atom is -0.481 e. The summed E-state index contributed by atoms with van der Waals surface area (Å²) < 4.78 is 0. The summed E-state index contributed by atoms with van der Waals surface area (Å²) in [6, 6.07) is 0. The first-order valence-electron chi connectivity index (χ1n) is 4.27. The number of aliphatic carboxylic acids is 1. The van der Waals surface area contributed by atoms with E-state index in [1.165, 1.54) is 0 Å². The second-order valence-electron chi connectivity index (χ2n) is 2.71. The van der Waals surface area contributed by atoms with Gasteiger partial charge in [0.1, 0.15) is 0 Å². The van der Waals surface area contributed by atoms with Crippen molar-refractivity contribution in [3.8, 4) is 0 Å². The number of hydrogen-bond acceptors (Lipinski definition) is 5. The standard InChI is InChI=1S/C9H12O6/c1-3-6(5-7(10)11)9(13)15-14-8(12)4-2/h4,6H,2-3,5H2,1H3,(H,10,11). The van der Waals surface area contributed by atoms with E-state index in [4.69, 9.17) is 5.11 Å². The average molecular weight is 216 g/mol. The molecule has 0 bridgehead atoms. The minimum atomic E-state index is -1.12. The molecule has 0 aliphatic heterocycles. The minimum absolute atomic E-state index is 0.288. The highest BCUT2D eigenvalue weighted by atomic mass is 17.2. The third-order valence-electron chi connectivity index (χ3n) is 1.62. The Bertz CT molecular complexity index is 270. The quantitative estimate of drug-likeness (QED) is 0.412. The summed E-state index contributed by atoms with van der Waals surface area (Å²) in [6.45, 7) is 4.72. The van der Waals surface area contributed by atoms with Crippen molar-refractivity contribution in [2.45, 2.75) is 19.8 Å². The Morgan fingerprint density at radius 3 is 2.40 bits per heavy atom. The summed E-state index contributed by atoms with van der Waals surface area (Å²) in [6.07, 6.45) is 0.753. The summed E-state index contributed by atoms with van der Waals surface area (Å²) in [5.41, 5.74) is 0. The van der Waals surface area contributed by atoms with E-state index >= 15 is 0 Å². The Morgan fingerprint density at radius 1 is 1.40 bits per heavy atom. The van der Waals surface area contributed by atoms with Crippen LogP contribution in [0, 0.1) is 5.92 Å². The van der Waals surface area contributed by atoms with Crippen LogP contribution in [0.3, 0.4) is 0 Å². The monoisotopic (exact) mass is 216 g/mol. The lowest BCUT2D eigenvalue weighted by Gasteiger charge is -2.08. The molecule has 1 unspecified atom stereocenters. The molecule has 0 saturated carbocycles. The molecular weight excluding hydrogens is 204 g/mol. The van der Waals surface area contributed by atoms with E-state index < -0.39 is 23.8 Å². The second-order valence-corrected chi connectivity index (χ2v) is 2.71. The Labute approximate surface area is 86.4 Å². The molecule has 0 saturated heterocycles. The SMILES string of the molecule is C=CC(=O)OOC(=O)C(CC)CC(=O)O. The lowest BCUT2D eigenvalue weighted by molar-refractivity contribution is -0.258. The van der Waals surface area contributed by atoms with Gasteiger partial charge in [0.25, 0.3) is 0 Å². The van der Waals surface area contributed by atoms with Gasteiger partial charge in [0.15, 0.2) is 0 Å². The van der Waals surface area contributed by atoms with Gasteiger partial charge < -0.3 is 5.11 Å². The topological polar surface area (TPSA) is 89.9 Å². The van der Waals surface area contributed by atoms with Crippen molar-refractivity contribution in [1.82, 2.24) is 0 Å². The highest BCUT2D eigenvalue weighted by Gasteiger charge is 2.23. The second kappa shape index (κ2) is 6.58. The third kappa shape index (κ3) is 5.45. The van der Waals surface area contributed by atoms with E-state index in [2.05, 4.69) is 16.4 Å². The molecule has 0 amide bonds. The van der Waals surface area contributed by atoms with Crippen molar-refractivity contribution in [3.63, 3.8) is 0 Å². The Kier molecular flexibility index (Phi) is 5.77. The Morgan fingerprint density at radius 2 is 2.00 bits per heavy atom. The number of carbonyl (C=O) groups excluding carboxylic acids is 2. The number of rotatable bonds is 5. The molecule has 0 heterocycles. The van der Waals surface area contributed by atoms with Crippen LogP contribution < -0.4 is 0 Å². The summed E-state index contributed by atoms with van der Waals surface area (Å²) in [5.74, 6) is -3.72. The van der Waals surface area contributed by atoms with E-state index in [0.717, 1.165) is 6.08 Å². The molecule has 0 aromatic rings. The number of carboxylic acids is 1. The molecule has 0 aliphatic carbocycles. The van der Waals surface area contributed by atoms with Gasteiger partial charge in [-0.1, -0.05) is 13.5 Å². The summed E-state index contributed by atoms with van der Waals surface area (Å²) in [4.78, 5) is 40.1. The lowest BCUT2D eigenvalue weighted by atomic mass is 10.0. The highest BCUT2D eigenvalue weighted by molar-refractivity contribution is 5.82. The first-order chi connectivity index (χ1) is 7.01. The molecule has 0 aromatic carbocycles. The molecule has 0 aliphatic rings. The first-order valence-corrected chi connectivity index (χ1v) is 4.27. The van der Waals surface area contributed by atoms with Gasteiger partial charge in [-0.05, 0) is 6.42 Å². The predicted molar refractivity (Wildman–Crippen MR) is 48.4 cm³/mol. The van der Waals surface area contributed by atoms with Gasteiger partial charge in [-0.15, -0.1) is 0 Å². The molecule has 0 fully saturated rings. The molecule has 15 heavy (non-hydrogen) atoms. The van der Waals surface area contributed by atoms with Gasteiger partial charge in [-0.25, -0.2) is 19.4 Å². The van der Waals surface area contributed by atoms with Crippen LogP contribution in [-0.4, -0.2) is 23.0 Å². The lowest BCUT2D eigenvalue weighted by Crippen LogP contribution is -2.21. The molecule has 6 heteroatoms. The maximum atomic E-state index is 11.1. The van der Waals surface area contributed by atoms with Crippen molar-refractivity contribution in [3.05, 3.63) is 12.7 Å². The molecule has 0 aromatic heterocycles. The van der Waals surface area contributed by atoms with Crippen LogP contribution in [0.5, 0.6) is 0 Å². The molecular formula is C9H12O6. The predicted octanol–water partition coefficient (Wildman–Crippen LogP) is 0.675. The zero-order valence-corrected chi connectivity index (χ0v) is 8.26. The van der Waals surface area contributed by atoms with Gasteiger partial charge in [-0.3, -0.25) is 4.79 Å². The van der Waals surface area contributed by atoms with Crippen LogP contribution in [0.4, 0.5) is 0 Å². The van der Waals surface area contributed by atoms with E-state index in [1.807, 2.05) is 0 Å². The summed E-state index contributed by atoms with van der Waals surface area (Å²) in [7, 11) is 0. The van der Waals surface area contributed by atoms with E-state index in [-0.39, 0.29) is 12.8 Å². The molecule has 0 radical (unpaired) electrons. The molecule has 1 atom stereocenters. The summed E-state index contributed by atoms with van der Waals surface area (Å²) in [5, 5.41) is 8.46. The van der Waals surface area contributed by atoms with E-state index in [9.17, 15) is 14.4 Å². The maximum Gasteiger partial charge on any atom is 0.378 e. The smallest absolute Gasteiger partial charge is 0.378 e. The van der Waals surface area contributed by atoms with E-state index in [1.54, 1.807) is 6.92 Å². The van der Waals surface area contributed by atoms with Crippen molar-refractivity contribution in [1.29, 1.82) is 0 Å². The average Bonchev–Trinajstić information content (AvgIpc) is 2.21. The molecule has 1 N–H and O–H groups in total. The normalized spacial score (nSPS) is 11.3. The molecule has 84 valence electrons. The fraction of sp³-hybridized carbons (Fsp3) is 0.444. The zero-order chi connectivity index (χ0) is 11.8. The number of carbonyl (C=O) groups is 3.